The summed E-state index contributed by atoms with van der Waals surface area (Å²) in [6.45, 7) is 8.20. The number of hydrogen-bond donors (Lipinski definition) is 0. The SMILES string of the molecule is CCOP(=O)(OCC)C(C)c1cc(C)cc(OC)c1. The molecule has 0 heterocycles. The first kappa shape index (κ1) is 16.2. The van der Waals surface area contributed by atoms with Gasteiger partial charge in [0.25, 0.3) is 0 Å². The van der Waals surface area contributed by atoms with Crippen molar-refractivity contribution in [1.29, 1.82) is 0 Å². The summed E-state index contributed by atoms with van der Waals surface area (Å²) in [4.78, 5) is 0. The van der Waals surface area contributed by atoms with Gasteiger partial charge in [-0.15, -0.1) is 0 Å². The van der Waals surface area contributed by atoms with Gasteiger partial charge in [-0.05, 0) is 51.0 Å². The summed E-state index contributed by atoms with van der Waals surface area (Å²) in [6, 6.07) is 5.79. The van der Waals surface area contributed by atoms with Gasteiger partial charge in [-0.2, -0.15) is 0 Å². The molecule has 0 amide bonds. The molecule has 0 N–H and O–H groups in total. The van der Waals surface area contributed by atoms with E-state index in [9.17, 15) is 4.57 Å². The lowest BCUT2D eigenvalue weighted by molar-refractivity contribution is 0.213. The predicted molar refractivity (Wildman–Crippen MR) is 77.0 cm³/mol. The molecule has 1 atom stereocenters. The van der Waals surface area contributed by atoms with Gasteiger partial charge in [0.15, 0.2) is 0 Å². The predicted octanol–water partition coefficient (Wildman–Crippen LogP) is 4.33. The molecular formula is C14H23O4P. The standard InChI is InChI=1S/C14H23O4P/c1-6-17-19(15,18-7-2)12(4)13-8-11(3)9-14(10-13)16-5/h8-10,12H,6-7H2,1-5H3. The van der Waals surface area contributed by atoms with Crippen molar-refractivity contribution < 1.29 is 18.3 Å². The highest BCUT2D eigenvalue weighted by atomic mass is 31.2. The Bertz CT molecular complexity index is 449. The van der Waals surface area contributed by atoms with E-state index in [1.54, 1.807) is 7.11 Å². The van der Waals surface area contributed by atoms with Crippen LogP contribution in [-0.2, 0) is 13.6 Å². The molecule has 0 spiro atoms. The maximum Gasteiger partial charge on any atom is 0.337 e. The van der Waals surface area contributed by atoms with Gasteiger partial charge in [0.2, 0.25) is 0 Å². The summed E-state index contributed by atoms with van der Waals surface area (Å²) in [5, 5.41) is 0. The average Bonchev–Trinajstić information content (AvgIpc) is 2.37. The molecule has 1 aromatic rings. The first-order valence-corrected chi connectivity index (χ1v) is 8.12. The van der Waals surface area contributed by atoms with Crippen molar-refractivity contribution in [2.24, 2.45) is 0 Å². The fourth-order valence-corrected chi connectivity index (χ4v) is 3.69. The van der Waals surface area contributed by atoms with Gasteiger partial charge in [-0.3, -0.25) is 4.57 Å². The zero-order valence-electron chi connectivity index (χ0n) is 12.3. The summed E-state index contributed by atoms with van der Waals surface area (Å²) in [5.41, 5.74) is 1.64. The first-order valence-electron chi connectivity index (χ1n) is 6.51. The Labute approximate surface area is 115 Å². The Kier molecular flexibility index (Phi) is 6.05. The van der Waals surface area contributed by atoms with Gasteiger partial charge in [-0.1, -0.05) is 6.07 Å². The quantitative estimate of drug-likeness (QED) is 0.700. The minimum atomic E-state index is -3.14. The second-order valence-electron chi connectivity index (χ2n) is 4.33. The summed E-state index contributed by atoms with van der Waals surface area (Å²) in [5.74, 6) is 0.751. The van der Waals surface area contributed by atoms with Gasteiger partial charge in [0.1, 0.15) is 5.75 Å². The van der Waals surface area contributed by atoms with E-state index in [-0.39, 0.29) is 5.66 Å². The molecule has 1 unspecified atom stereocenters. The van der Waals surface area contributed by atoms with Crippen LogP contribution >= 0.6 is 7.60 Å². The van der Waals surface area contributed by atoms with Gasteiger partial charge >= 0.3 is 7.60 Å². The average molecular weight is 286 g/mol. The van der Waals surface area contributed by atoms with Crippen molar-refractivity contribution in [3.63, 3.8) is 0 Å². The lowest BCUT2D eigenvalue weighted by Crippen LogP contribution is -2.04. The van der Waals surface area contributed by atoms with Gasteiger partial charge in [0.05, 0.1) is 26.0 Å². The number of hydrogen-bond acceptors (Lipinski definition) is 4. The van der Waals surface area contributed by atoms with Crippen LogP contribution in [0.4, 0.5) is 0 Å². The molecule has 0 aliphatic heterocycles. The monoisotopic (exact) mass is 286 g/mol. The third-order valence-electron chi connectivity index (χ3n) is 2.88. The molecule has 108 valence electrons. The molecule has 0 fully saturated rings. The molecule has 0 bridgehead atoms. The molecule has 4 nitrogen and oxygen atoms in total. The van der Waals surface area contributed by atoms with Crippen LogP contribution in [0.15, 0.2) is 18.2 Å². The van der Waals surface area contributed by atoms with Crippen molar-refractivity contribution >= 4 is 7.60 Å². The lowest BCUT2D eigenvalue weighted by Gasteiger charge is -2.24. The van der Waals surface area contributed by atoms with Crippen molar-refractivity contribution in [1.82, 2.24) is 0 Å². The highest BCUT2D eigenvalue weighted by Gasteiger charge is 2.33. The first-order chi connectivity index (χ1) is 8.96. The Morgan fingerprint density at radius 1 is 1.16 bits per heavy atom. The molecular weight excluding hydrogens is 263 g/mol. The van der Waals surface area contributed by atoms with E-state index in [0.717, 1.165) is 16.9 Å². The molecule has 0 saturated heterocycles. The van der Waals surface area contributed by atoms with Crippen LogP contribution in [0.5, 0.6) is 5.75 Å². The largest absolute Gasteiger partial charge is 0.497 e. The highest BCUT2D eigenvalue weighted by Crippen LogP contribution is 2.60. The van der Waals surface area contributed by atoms with Crippen LogP contribution < -0.4 is 4.74 Å². The van der Waals surface area contributed by atoms with E-state index in [1.807, 2.05) is 45.9 Å². The van der Waals surface area contributed by atoms with Crippen LogP contribution in [0.25, 0.3) is 0 Å². The van der Waals surface area contributed by atoms with E-state index in [2.05, 4.69) is 0 Å². The van der Waals surface area contributed by atoms with E-state index >= 15 is 0 Å². The molecule has 0 aliphatic rings. The van der Waals surface area contributed by atoms with Crippen LogP contribution in [0, 0.1) is 6.92 Å². The Morgan fingerprint density at radius 2 is 1.74 bits per heavy atom. The number of methoxy groups -OCH3 is 1. The lowest BCUT2D eigenvalue weighted by atomic mass is 10.1. The molecule has 19 heavy (non-hydrogen) atoms. The van der Waals surface area contributed by atoms with E-state index < -0.39 is 7.60 Å². The molecule has 5 heteroatoms. The molecule has 0 saturated carbocycles. The zero-order valence-corrected chi connectivity index (χ0v) is 13.2. The van der Waals surface area contributed by atoms with Crippen LogP contribution in [0.1, 0.15) is 37.6 Å². The van der Waals surface area contributed by atoms with Gasteiger partial charge in [0, 0.05) is 0 Å². The van der Waals surface area contributed by atoms with Crippen molar-refractivity contribution in [2.45, 2.75) is 33.4 Å². The van der Waals surface area contributed by atoms with Gasteiger partial charge in [-0.25, -0.2) is 0 Å². The third-order valence-corrected chi connectivity index (χ3v) is 5.37. The Hall–Kier alpha value is -0.830. The summed E-state index contributed by atoms with van der Waals surface area (Å²) < 4.78 is 28.8. The van der Waals surface area contributed by atoms with Crippen molar-refractivity contribution in [3.05, 3.63) is 29.3 Å². The number of benzene rings is 1. The van der Waals surface area contributed by atoms with E-state index in [0.29, 0.717) is 13.2 Å². The fourth-order valence-electron chi connectivity index (χ4n) is 1.94. The Morgan fingerprint density at radius 3 is 2.21 bits per heavy atom. The summed E-state index contributed by atoms with van der Waals surface area (Å²) in [6.07, 6.45) is 0. The van der Waals surface area contributed by atoms with E-state index in [1.165, 1.54) is 0 Å². The Balaban J connectivity index is 3.12. The molecule has 1 rings (SSSR count). The number of rotatable bonds is 7. The van der Waals surface area contributed by atoms with Crippen LogP contribution in [0.2, 0.25) is 0 Å². The minimum Gasteiger partial charge on any atom is -0.497 e. The number of aryl methyl sites for hydroxylation is 1. The van der Waals surface area contributed by atoms with Crippen LogP contribution in [0.3, 0.4) is 0 Å². The fraction of sp³-hybridized carbons (Fsp3) is 0.571. The molecule has 0 radical (unpaired) electrons. The van der Waals surface area contributed by atoms with Gasteiger partial charge < -0.3 is 13.8 Å². The van der Waals surface area contributed by atoms with Crippen molar-refractivity contribution in [2.75, 3.05) is 20.3 Å². The summed E-state index contributed by atoms with van der Waals surface area (Å²) in [7, 11) is -1.52. The van der Waals surface area contributed by atoms with Crippen LogP contribution in [-0.4, -0.2) is 20.3 Å². The molecule has 0 aliphatic carbocycles. The van der Waals surface area contributed by atoms with E-state index in [4.69, 9.17) is 13.8 Å². The van der Waals surface area contributed by atoms with Crippen molar-refractivity contribution in [3.8, 4) is 5.75 Å². The maximum atomic E-state index is 12.7. The minimum absolute atomic E-state index is 0.318. The normalized spacial score (nSPS) is 13.3. The molecule has 0 aromatic heterocycles. The summed E-state index contributed by atoms with van der Waals surface area (Å²) >= 11 is 0. The second kappa shape index (κ2) is 7.09. The molecule has 1 aromatic carbocycles. The highest BCUT2D eigenvalue weighted by molar-refractivity contribution is 7.54. The second-order valence-corrected chi connectivity index (χ2v) is 6.71. The number of ether oxygens (including phenoxy) is 1. The zero-order chi connectivity index (χ0) is 14.5. The topological polar surface area (TPSA) is 44.8 Å². The smallest absolute Gasteiger partial charge is 0.337 e. The third kappa shape index (κ3) is 4.07. The maximum absolute atomic E-state index is 12.7.